The first-order valence-electron chi connectivity index (χ1n) is 9.02. The Morgan fingerprint density at radius 3 is 2.54 bits per heavy atom. The highest BCUT2D eigenvalue weighted by atomic mass is 32.1. The van der Waals surface area contributed by atoms with Gasteiger partial charge < -0.3 is 15.4 Å². The number of rotatable bonds is 5. The molecule has 0 saturated heterocycles. The number of aromatic nitrogens is 1. The number of thiophene rings is 1. The maximum Gasteiger partial charge on any atom is 0.407 e. The fourth-order valence-corrected chi connectivity index (χ4v) is 3.35. The number of hydrogen-bond donors (Lipinski definition) is 2. The average Bonchev–Trinajstić information content (AvgIpc) is 3.17. The van der Waals surface area contributed by atoms with Crippen molar-refractivity contribution >= 4 is 34.2 Å². The van der Waals surface area contributed by atoms with Crippen LogP contribution in [0.15, 0.2) is 47.8 Å². The largest absolute Gasteiger partial charge is 0.444 e. The van der Waals surface area contributed by atoms with Crippen molar-refractivity contribution in [2.75, 3.05) is 13.1 Å². The number of carbonyl (C=O) groups is 2. The van der Waals surface area contributed by atoms with Crippen LogP contribution in [0.25, 0.3) is 21.5 Å². The van der Waals surface area contributed by atoms with Crippen LogP contribution in [0.4, 0.5) is 4.79 Å². The summed E-state index contributed by atoms with van der Waals surface area (Å²) >= 11 is 1.58. The first-order valence-corrected chi connectivity index (χ1v) is 9.90. The minimum absolute atomic E-state index is 0.206. The number of ether oxygens (including phenoxy) is 1. The highest BCUT2D eigenvalue weighted by Gasteiger charge is 2.16. The third kappa shape index (κ3) is 5.07. The zero-order chi connectivity index (χ0) is 20.1. The van der Waals surface area contributed by atoms with Gasteiger partial charge in [-0.05, 0) is 44.4 Å². The van der Waals surface area contributed by atoms with Crippen molar-refractivity contribution in [3.63, 3.8) is 0 Å². The summed E-state index contributed by atoms with van der Waals surface area (Å²) < 4.78 is 5.17. The molecule has 2 amide bonds. The number of benzene rings is 1. The molecule has 0 bridgehead atoms. The van der Waals surface area contributed by atoms with Gasteiger partial charge in [0.05, 0.1) is 21.7 Å². The Bertz CT molecular complexity index is 978. The molecule has 0 aliphatic heterocycles. The predicted molar refractivity (Wildman–Crippen MR) is 112 cm³/mol. The van der Waals surface area contributed by atoms with Gasteiger partial charge in [-0.15, -0.1) is 11.3 Å². The fraction of sp³-hybridized carbons (Fsp3) is 0.286. The summed E-state index contributed by atoms with van der Waals surface area (Å²) in [6, 6.07) is 13.3. The lowest BCUT2D eigenvalue weighted by molar-refractivity contribution is 0.0526. The molecule has 7 heteroatoms. The van der Waals surface area contributed by atoms with Crippen LogP contribution in [0.5, 0.6) is 0 Å². The van der Waals surface area contributed by atoms with Crippen LogP contribution in [-0.4, -0.2) is 35.7 Å². The summed E-state index contributed by atoms with van der Waals surface area (Å²) in [5, 5.41) is 8.25. The highest BCUT2D eigenvalue weighted by molar-refractivity contribution is 7.13. The molecule has 28 heavy (non-hydrogen) atoms. The van der Waals surface area contributed by atoms with E-state index in [0.29, 0.717) is 12.1 Å². The van der Waals surface area contributed by atoms with Crippen molar-refractivity contribution in [1.29, 1.82) is 0 Å². The van der Waals surface area contributed by atoms with Crippen LogP contribution in [0, 0.1) is 0 Å². The smallest absolute Gasteiger partial charge is 0.407 e. The molecule has 2 N–H and O–H groups in total. The molecule has 146 valence electrons. The molecule has 3 aromatic rings. The number of nitrogens with one attached hydrogen (secondary N) is 2. The summed E-state index contributed by atoms with van der Waals surface area (Å²) in [6.45, 7) is 5.97. The molecule has 6 nitrogen and oxygen atoms in total. The normalized spacial score (nSPS) is 11.2. The molecular weight excluding hydrogens is 374 g/mol. The Morgan fingerprint density at radius 1 is 1.07 bits per heavy atom. The number of carbonyl (C=O) groups excluding carboxylic acids is 2. The maximum absolute atomic E-state index is 12.8. The molecule has 0 spiro atoms. The summed E-state index contributed by atoms with van der Waals surface area (Å²) in [7, 11) is 0. The first-order chi connectivity index (χ1) is 13.3. The molecule has 2 heterocycles. The zero-order valence-corrected chi connectivity index (χ0v) is 16.9. The van der Waals surface area contributed by atoms with Gasteiger partial charge >= 0.3 is 6.09 Å². The molecule has 3 rings (SSSR count). The van der Waals surface area contributed by atoms with Crippen LogP contribution in [0.2, 0.25) is 0 Å². The van der Waals surface area contributed by atoms with Crippen molar-refractivity contribution in [2.24, 2.45) is 0 Å². The van der Waals surface area contributed by atoms with Gasteiger partial charge in [-0.25, -0.2) is 9.78 Å². The van der Waals surface area contributed by atoms with Crippen molar-refractivity contribution in [3.8, 4) is 10.6 Å². The zero-order valence-electron chi connectivity index (χ0n) is 16.1. The van der Waals surface area contributed by atoms with Crippen LogP contribution in [-0.2, 0) is 4.74 Å². The van der Waals surface area contributed by atoms with Crippen LogP contribution < -0.4 is 10.6 Å². The van der Waals surface area contributed by atoms with Crippen LogP contribution in [0.3, 0.4) is 0 Å². The van der Waals surface area contributed by atoms with Gasteiger partial charge in [-0.1, -0.05) is 24.3 Å². The van der Waals surface area contributed by atoms with Crippen molar-refractivity contribution in [2.45, 2.75) is 26.4 Å². The standard InChI is InChI=1S/C21H23N3O3S/c1-21(2,3)27-20(26)23-11-10-22-19(25)15-13-17(18-9-6-12-28-18)24-16-8-5-4-7-14(15)16/h4-9,12-13H,10-11H2,1-3H3,(H,22,25)(H,23,26). The van der Waals surface area contributed by atoms with E-state index in [0.717, 1.165) is 21.5 Å². The fourth-order valence-electron chi connectivity index (χ4n) is 2.66. The first kappa shape index (κ1) is 19.8. The molecule has 2 aromatic heterocycles. The summed E-state index contributed by atoms with van der Waals surface area (Å²) in [6.07, 6.45) is -0.504. The Morgan fingerprint density at radius 2 is 1.82 bits per heavy atom. The number of amides is 2. The Balaban J connectivity index is 1.70. The lowest BCUT2D eigenvalue weighted by atomic mass is 10.1. The van der Waals surface area contributed by atoms with Gasteiger partial charge in [-0.3, -0.25) is 4.79 Å². The molecule has 0 fully saturated rings. The number of para-hydroxylation sites is 1. The third-order valence-corrected chi connectivity index (χ3v) is 4.71. The SMILES string of the molecule is CC(C)(C)OC(=O)NCCNC(=O)c1cc(-c2cccs2)nc2ccccc12. The van der Waals surface area contributed by atoms with Gasteiger partial charge in [-0.2, -0.15) is 0 Å². The molecule has 0 unspecified atom stereocenters. The van der Waals surface area contributed by atoms with Gasteiger partial charge in [0.15, 0.2) is 0 Å². The Hall–Kier alpha value is -2.93. The quantitative estimate of drug-likeness (QED) is 0.632. The van der Waals surface area contributed by atoms with Gasteiger partial charge in [0, 0.05) is 18.5 Å². The second-order valence-electron chi connectivity index (χ2n) is 7.23. The predicted octanol–water partition coefficient (Wildman–Crippen LogP) is 4.22. The monoisotopic (exact) mass is 397 g/mol. The van der Waals surface area contributed by atoms with E-state index >= 15 is 0 Å². The third-order valence-electron chi connectivity index (χ3n) is 3.81. The van der Waals surface area contributed by atoms with Gasteiger partial charge in [0.1, 0.15) is 5.60 Å². The van der Waals surface area contributed by atoms with Crippen molar-refractivity contribution in [1.82, 2.24) is 15.6 Å². The van der Waals surface area contributed by atoms with E-state index in [2.05, 4.69) is 15.6 Å². The van der Waals surface area contributed by atoms with E-state index in [9.17, 15) is 9.59 Å². The number of fused-ring (bicyclic) bond motifs is 1. The molecule has 0 saturated carbocycles. The van der Waals surface area contributed by atoms with E-state index in [1.807, 2.05) is 47.8 Å². The minimum atomic E-state index is -0.554. The average molecular weight is 398 g/mol. The number of alkyl carbamates (subject to hydrolysis) is 1. The topological polar surface area (TPSA) is 80.3 Å². The highest BCUT2D eigenvalue weighted by Crippen LogP contribution is 2.27. The van der Waals surface area contributed by atoms with E-state index < -0.39 is 11.7 Å². The van der Waals surface area contributed by atoms with Crippen molar-refractivity contribution in [3.05, 3.63) is 53.4 Å². The lowest BCUT2D eigenvalue weighted by Gasteiger charge is -2.19. The molecule has 0 aliphatic rings. The summed E-state index contributed by atoms with van der Waals surface area (Å²) in [5.74, 6) is -0.206. The lowest BCUT2D eigenvalue weighted by Crippen LogP contribution is -2.37. The van der Waals surface area contributed by atoms with Gasteiger partial charge in [0.2, 0.25) is 0 Å². The van der Waals surface area contributed by atoms with E-state index in [-0.39, 0.29) is 12.5 Å². The Labute approximate surface area is 167 Å². The van der Waals surface area contributed by atoms with Crippen molar-refractivity contribution < 1.29 is 14.3 Å². The molecule has 1 aromatic carbocycles. The number of nitrogens with zero attached hydrogens (tertiary/aromatic N) is 1. The van der Waals surface area contributed by atoms with E-state index in [1.165, 1.54) is 0 Å². The summed E-state index contributed by atoms with van der Waals surface area (Å²) in [4.78, 5) is 30.1. The van der Waals surface area contributed by atoms with E-state index in [1.54, 1.807) is 32.1 Å². The molecule has 0 radical (unpaired) electrons. The second kappa shape index (κ2) is 8.39. The van der Waals surface area contributed by atoms with Crippen LogP contribution >= 0.6 is 11.3 Å². The van der Waals surface area contributed by atoms with E-state index in [4.69, 9.17) is 4.74 Å². The van der Waals surface area contributed by atoms with Gasteiger partial charge in [0.25, 0.3) is 5.91 Å². The molecular formula is C21H23N3O3S. The summed E-state index contributed by atoms with van der Waals surface area (Å²) in [5.41, 5.74) is 1.55. The molecule has 0 aliphatic carbocycles. The number of hydrogen-bond acceptors (Lipinski definition) is 5. The maximum atomic E-state index is 12.8. The number of pyridine rings is 1. The minimum Gasteiger partial charge on any atom is -0.444 e. The second-order valence-corrected chi connectivity index (χ2v) is 8.18. The Kier molecular flexibility index (Phi) is 5.94. The van der Waals surface area contributed by atoms with Crippen LogP contribution in [0.1, 0.15) is 31.1 Å². The molecule has 0 atom stereocenters.